The van der Waals surface area contributed by atoms with E-state index in [-0.39, 0.29) is 28.6 Å². The summed E-state index contributed by atoms with van der Waals surface area (Å²) in [7, 11) is 0. The molecular weight excluding hydrogens is 300 g/mol. The largest absolute Gasteiger partial charge is 0.480 e. The van der Waals surface area contributed by atoms with Crippen LogP contribution in [0.3, 0.4) is 0 Å². The van der Waals surface area contributed by atoms with Gasteiger partial charge in [0.15, 0.2) is 0 Å². The lowest BCUT2D eigenvalue weighted by molar-refractivity contribution is -0.384. The van der Waals surface area contributed by atoms with Crippen LogP contribution in [0.4, 0.5) is 5.69 Å². The molecule has 0 unspecified atom stereocenters. The Morgan fingerprint density at radius 2 is 2.05 bits per heavy atom. The number of carbonyl (C=O) groups excluding carboxylic acids is 1. The number of carbonyl (C=O) groups is 2. The maximum Gasteiger partial charge on any atom is 0.326 e. The molecule has 8 heteroatoms. The van der Waals surface area contributed by atoms with Crippen LogP contribution < -0.4 is 5.32 Å². The maximum absolute atomic E-state index is 12.0. The minimum atomic E-state index is -1.13. The summed E-state index contributed by atoms with van der Waals surface area (Å²) in [6.45, 7) is 3.68. The smallest absolute Gasteiger partial charge is 0.326 e. The van der Waals surface area contributed by atoms with Gasteiger partial charge in [0.1, 0.15) is 11.1 Å². The van der Waals surface area contributed by atoms with Gasteiger partial charge in [-0.25, -0.2) is 4.79 Å². The van der Waals surface area contributed by atoms with Crippen molar-refractivity contribution in [3.05, 3.63) is 38.9 Å². The fourth-order valence-electron chi connectivity index (χ4n) is 1.73. The number of carboxylic acids is 1. The first kappa shape index (κ1) is 16.9. The third kappa shape index (κ3) is 4.71. The molecule has 114 valence electrons. The number of nitrogens with one attached hydrogen (secondary N) is 1. The van der Waals surface area contributed by atoms with Gasteiger partial charge in [-0.15, -0.1) is 0 Å². The Balaban J connectivity index is 2.90. The average molecular weight is 315 g/mol. The van der Waals surface area contributed by atoms with E-state index < -0.39 is 22.8 Å². The Morgan fingerprint density at radius 1 is 1.43 bits per heavy atom. The van der Waals surface area contributed by atoms with Gasteiger partial charge in [0, 0.05) is 11.6 Å². The minimum Gasteiger partial charge on any atom is -0.480 e. The summed E-state index contributed by atoms with van der Waals surface area (Å²) in [5.41, 5.74) is -0.245. The number of hydrogen-bond acceptors (Lipinski definition) is 4. The van der Waals surface area contributed by atoms with Crippen LogP contribution in [0.5, 0.6) is 0 Å². The van der Waals surface area contributed by atoms with Gasteiger partial charge in [0.25, 0.3) is 11.6 Å². The quantitative estimate of drug-likeness (QED) is 0.619. The van der Waals surface area contributed by atoms with Crippen LogP contribution in [0.15, 0.2) is 18.2 Å². The Morgan fingerprint density at radius 3 is 2.48 bits per heavy atom. The van der Waals surface area contributed by atoms with Gasteiger partial charge < -0.3 is 10.4 Å². The van der Waals surface area contributed by atoms with Crippen molar-refractivity contribution in [1.82, 2.24) is 5.32 Å². The SMILES string of the molecule is CC(C)C[C@H](NC(=O)c1ccc([N+](=O)[O-])c(Cl)c1)C(=O)O. The van der Waals surface area contributed by atoms with Crippen LogP contribution >= 0.6 is 11.6 Å². The molecule has 0 aliphatic heterocycles. The highest BCUT2D eigenvalue weighted by Crippen LogP contribution is 2.25. The van der Waals surface area contributed by atoms with Crippen molar-refractivity contribution in [3.63, 3.8) is 0 Å². The fourth-order valence-corrected chi connectivity index (χ4v) is 1.98. The molecule has 0 saturated carbocycles. The zero-order valence-corrected chi connectivity index (χ0v) is 12.3. The molecule has 0 aliphatic carbocycles. The van der Waals surface area contributed by atoms with Crippen LogP contribution in [0.2, 0.25) is 5.02 Å². The highest BCUT2D eigenvalue weighted by Gasteiger charge is 2.23. The highest BCUT2D eigenvalue weighted by molar-refractivity contribution is 6.33. The molecule has 1 amide bonds. The molecule has 2 N–H and O–H groups in total. The van der Waals surface area contributed by atoms with Crippen LogP contribution in [0.1, 0.15) is 30.6 Å². The Labute approximate surface area is 126 Å². The Hall–Kier alpha value is -2.15. The number of benzene rings is 1. The fraction of sp³-hybridized carbons (Fsp3) is 0.385. The Bertz CT molecular complexity index is 574. The van der Waals surface area contributed by atoms with E-state index >= 15 is 0 Å². The van der Waals surface area contributed by atoms with Crippen molar-refractivity contribution < 1.29 is 19.6 Å². The molecule has 0 bridgehead atoms. The van der Waals surface area contributed by atoms with Gasteiger partial charge in [-0.3, -0.25) is 14.9 Å². The lowest BCUT2D eigenvalue weighted by Gasteiger charge is -2.16. The number of halogens is 1. The monoisotopic (exact) mass is 314 g/mol. The van der Waals surface area contributed by atoms with Crippen LogP contribution in [-0.4, -0.2) is 27.9 Å². The number of carboxylic acid groups (broad SMARTS) is 1. The van der Waals surface area contributed by atoms with Gasteiger partial charge in [-0.1, -0.05) is 25.4 Å². The van der Waals surface area contributed by atoms with Gasteiger partial charge >= 0.3 is 5.97 Å². The molecule has 1 aromatic carbocycles. The maximum atomic E-state index is 12.0. The van der Waals surface area contributed by atoms with Crippen LogP contribution in [-0.2, 0) is 4.79 Å². The molecule has 7 nitrogen and oxygen atoms in total. The summed E-state index contributed by atoms with van der Waals surface area (Å²) in [4.78, 5) is 33.0. The van der Waals surface area contributed by atoms with E-state index in [1.54, 1.807) is 0 Å². The van der Waals surface area contributed by atoms with Crippen molar-refractivity contribution in [1.29, 1.82) is 0 Å². The van der Waals surface area contributed by atoms with Crippen molar-refractivity contribution in [2.24, 2.45) is 5.92 Å². The van der Waals surface area contributed by atoms with E-state index in [1.807, 2.05) is 13.8 Å². The summed E-state index contributed by atoms with van der Waals surface area (Å²) in [6, 6.07) is 2.46. The van der Waals surface area contributed by atoms with Crippen molar-refractivity contribution in [2.75, 3.05) is 0 Å². The molecule has 0 spiro atoms. The van der Waals surface area contributed by atoms with Crippen molar-refractivity contribution in [2.45, 2.75) is 26.3 Å². The molecule has 1 atom stereocenters. The predicted molar refractivity (Wildman–Crippen MR) is 76.5 cm³/mol. The molecule has 0 saturated heterocycles. The lowest BCUT2D eigenvalue weighted by Crippen LogP contribution is -2.41. The molecule has 21 heavy (non-hydrogen) atoms. The zero-order chi connectivity index (χ0) is 16.2. The number of rotatable bonds is 6. The van der Waals surface area contributed by atoms with E-state index in [0.717, 1.165) is 12.1 Å². The second-order valence-electron chi connectivity index (χ2n) is 4.92. The second-order valence-corrected chi connectivity index (χ2v) is 5.32. The van der Waals surface area contributed by atoms with Gasteiger partial charge in [-0.2, -0.15) is 0 Å². The number of nitrogens with zero attached hydrogens (tertiary/aromatic N) is 1. The minimum absolute atomic E-state index is 0.0700. The molecule has 0 fully saturated rings. The Kier molecular flexibility index (Phi) is 5.66. The van der Waals surface area contributed by atoms with E-state index in [9.17, 15) is 19.7 Å². The number of nitro groups is 1. The van der Waals surface area contributed by atoms with Gasteiger partial charge in [-0.05, 0) is 24.5 Å². The van der Waals surface area contributed by atoms with E-state index in [4.69, 9.17) is 16.7 Å². The topological polar surface area (TPSA) is 110 Å². The number of amides is 1. The van der Waals surface area contributed by atoms with E-state index in [1.165, 1.54) is 6.07 Å². The molecule has 0 radical (unpaired) electrons. The summed E-state index contributed by atoms with van der Waals surface area (Å²) in [5.74, 6) is -1.68. The molecule has 0 aliphatic rings. The van der Waals surface area contributed by atoms with E-state index in [2.05, 4.69) is 5.32 Å². The van der Waals surface area contributed by atoms with Crippen LogP contribution in [0, 0.1) is 16.0 Å². The molecular formula is C13H15ClN2O5. The summed E-state index contributed by atoms with van der Waals surface area (Å²) >= 11 is 5.71. The normalized spacial score (nSPS) is 12.0. The third-order valence-corrected chi connectivity index (χ3v) is 3.02. The van der Waals surface area contributed by atoms with E-state index in [0.29, 0.717) is 0 Å². The van der Waals surface area contributed by atoms with Gasteiger partial charge in [0.05, 0.1) is 4.92 Å². The van der Waals surface area contributed by atoms with Crippen molar-refractivity contribution >= 4 is 29.2 Å². The molecule has 1 aromatic rings. The first-order valence-electron chi connectivity index (χ1n) is 6.20. The predicted octanol–water partition coefficient (Wildman–Crippen LogP) is 2.48. The highest BCUT2D eigenvalue weighted by atomic mass is 35.5. The third-order valence-electron chi connectivity index (χ3n) is 2.72. The summed E-state index contributed by atoms with van der Waals surface area (Å²) in [6.07, 6.45) is 0.280. The number of hydrogen-bond donors (Lipinski definition) is 2. The molecule has 1 rings (SSSR count). The zero-order valence-electron chi connectivity index (χ0n) is 11.5. The average Bonchev–Trinajstić information content (AvgIpc) is 2.36. The molecule has 0 aromatic heterocycles. The number of nitro benzene ring substituents is 1. The summed E-state index contributed by atoms with van der Waals surface area (Å²) in [5, 5.41) is 21.9. The molecule has 0 heterocycles. The van der Waals surface area contributed by atoms with Crippen molar-refractivity contribution in [3.8, 4) is 0 Å². The first-order chi connectivity index (χ1) is 9.72. The second kappa shape index (κ2) is 7.03. The standard InChI is InChI=1S/C13H15ClN2O5/c1-7(2)5-10(13(18)19)15-12(17)8-3-4-11(16(20)21)9(14)6-8/h3-4,6-7,10H,5H2,1-2H3,(H,15,17)(H,18,19)/t10-/m0/s1. The summed E-state index contributed by atoms with van der Waals surface area (Å²) < 4.78 is 0. The van der Waals surface area contributed by atoms with Crippen LogP contribution in [0.25, 0.3) is 0 Å². The number of aliphatic carboxylic acids is 1. The first-order valence-corrected chi connectivity index (χ1v) is 6.57. The van der Waals surface area contributed by atoms with Gasteiger partial charge in [0.2, 0.25) is 0 Å². The lowest BCUT2D eigenvalue weighted by atomic mass is 10.0.